The topological polar surface area (TPSA) is 75.9 Å². The first-order valence-electron chi connectivity index (χ1n) is 6.22. The van der Waals surface area contributed by atoms with Gasteiger partial charge in [0.05, 0.1) is 18.3 Å². The molecule has 1 aromatic heterocycles. The van der Waals surface area contributed by atoms with Crippen LogP contribution in [-0.2, 0) is 9.53 Å². The number of hydrogen-bond acceptors (Lipinski definition) is 5. The summed E-state index contributed by atoms with van der Waals surface area (Å²) in [5, 5.41) is 0. The van der Waals surface area contributed by atoms with Crippen LogP contribution in [0, 0.1) is 0 Å². The third-order valence-corrected chi connectivity index (χ3v) is 3.76. The minimum absolute atomic E-state index is 0.0153. The maximum Gasteiger partial charge on any atom is 0.291 e. The largest absolute Gasteiger partial charge is 0.438 e. The van der Waals surface area contributed by atoms with Gasteiger partial charge in [0.25, 0.3) is 5.91 Å². The second-order valence-corrected chi connectivity index (χ2v) is 4.83. The zero-order valence-corrected chi connectivity index (χ0v) is 10.6. The zero-order valence-electron chi connectivity index (χ0n) is 10.6. The van der Waals surface area contributed by atoms with Crippen molar-refractivity contribution >= 4 is 11.8 Å². The summed E-state index contributed by atoms with van der Waals surface area (Å²) in [5.74, 6) is -0.0123. The van der Waals surface area contributed by atoms with E-state index in [1.54, 1.807) is 16.8 Å². The van der Waals surface area contributed by atoms with Gasteiger partial charge in [0.2, 0.25) is 11.7 Å². The predicted octanol–water partition coefficient (Wildman–Crippen LogP) is -0.254. The highest BCUT2D eigenvalue weighted by Crippen LogP contribution is 2.23. The van der Waals surface area contributed by atoms with Gasteiger partial charge in [-0.15, -0.1) is 0 Å². The molecule has 0 aliphatic carbocycles. The van der Waals surface area contributed by atoms with Gasteiger partial charge in [0.15, 0.2) is 6.39 Å². The van der Waals surface area contributed by atoms with E-state index in [0.29, 0.717) is 13.1 Å². The molecule has 2 saturated heterocycles. The van der Waals surface area contributed by atoms with Crippen LogP contribution in [0.2, 0.25) is 0 Å². The van der Waals surface area contributed by atoms with Crippen LogP contribution in [0.3, 0.4) is 0 Å². The number of ether oxygens (including phenoxy) is 1. The third kappa shape index (κ3) is 2.10. The van der Waals surface area contributed by atoms with Crippen LogP contribution in [0.4, 0.5) is 0 Å². The van der Waals surface area contributed by atoms with Gasteiger partial charge in [-0.25, -0.2) is 4.98 Å². The summed E-state index contributed by atoms with van der Waals surface area (Å²) in [6.45, 7) is 1.20. The molecule has 0 saturated carbocycles. The molecule has 3 heterocycles. The van der Waals surface area contributed by atoms with E-state index < -0.39 is 0 Å². The summed E-state index contributed by atoms with van der Waals surface area (Å²) < 4.78 is 10.5. The highest BCUT2D eigenvalue weighted by Gasteiger charge is 2.40. The molecule has 7 nitrogen and oxygen atoms in total. The van der Waals surface area contributed by atoms with Gasteiger partial charge in [-0.2, -0.15) is 0 Å². The Morgan fingerprint density at radius 1 is 1.53 bits per heavy atom. The number of hydrogen-bond donors (Lipinski definition) is 0. The van der Waals surface area contributed by atoms with Crippen molar-refractivity contribution in [1.29, 1.82) is 0 Å². The second kappa shape index (κ2) is 4.65. The molecule has 3 rings (SSSR count). The number of carbonyl (C=O) groups excluding carboxylic acids is 2. The first kappa shape index (κ1) is 12.2. The maximum absolute atomic E-state index is 12.2. The molecule has 2 fully saturated rings. The third-order valence-electron chi connectivity index (χ3n) is 3.76. The number of carbonyl (C=O) groups is 2. The van der Waals surface area contributed by atoms with E-state index in [1.807, 2.05) is 0 Å². The lowest BCUT2D eigenvalue weighted by Crippen LogP contribution is -2.61. The second-order valence-electron chi connectivity index (χ2n) is 4.83. The van der Waals surface area contributed by atoms with Gasteiger partial charge in [0, 0.05) is 20.1 Å². The van der Waals surface area contributed by atoms with E-state index in [9.17, 15) is 9.59 Å². The number of likely N-dealkylation sites (N-methyl/N-ethyl adjacent to an activating group) is 1. The number of fused-ring (bicyclic) bond motifs is 1. The smallest absolute Gasteiger partial charge is 0.291 e. The average Bonchev–Trinajstić information content (AvgIpc) is 2.96. The quantitative estimate of drug-likeness (QED) is 0.699. The standard InChI is InChI=1S/C12H15N3O4/c1-14-8-5-15(12(17)10-4-13-7-19-10)3-2-9(8)18-6-11(14)16/h4,7-9H,2-3,5-6H2,1H3/t8-,9+/m0/s1. The first-order chi connectivity index (χ1) is 9.16. The maximum atomic E-state index is 12.2. The number of oxazole rings is 1. The van der Waals surface area contributed by atoms with Crippen LogP contribution in [0.25, 0.3) is 0 Å². The number of likely N-dealkylation sites (tertiary alicyclic amines) is 1. The summed E-state index contributed by atoms with van der Waals surface area (Å²) in [5.41, 5.74) is 0. The Kier molecular flexibility index (Phi) is 2.98. The van der Waals surface area contributed by atoms with Gasteiger partial charge in [-0.3, -0.25) is 9.59 Å². The van der Waals surface area contributed by atoms with Crippen molar-refractivity contribution in [2.45, 2.75) is 18.6 Å². The van der Waals surface area contributed by atoms with E-state index in [1.165, 1.54) is 12.6 Å². The van der Waals surface area contributed by atoms with Crippen molar-refractivity contribution in [1.82, 2.24) is 14.8 Å². The highest BCUT2D eigenvalue weighted by molar-refractivity contribution is 5.91. The van der Waals surface area contributed by atoms with Gasteiger partial charge in [-0.05, 0) is 6.42 Å². The van der Waals surface area contributed by atoms with E-state index >= 15 is 0 Å². The van der Waals surface area contributed by atoms with Crippen LogP contribution in [0.5, 0.6) is 0 Å². The molecular formula is C12H15N3O4. The molecule has 0 aromatic carbocycles. The molecule has 0 spiro atoms. The molecule has 2 amide bonds. The highest BCUT2D eigenvalue weighted by atomic mass is 16.5. The lowest BCUT2D eigenvalue weighted by atomic mass is 9.99. The van der Waals surface area contributed by atoms with Crippen molar-refractivity contribution in [3.63, 3.8) is 0 Å². The lowest BCUT2D eigenvalue weighted by molar-refractivity contribution is -0.159. The molecule has 0 bridgehead atoms. The molecular weight excluding hydrogens is 250 g/mol. The lowest BCUT2D eigenvalue weighted by Gasteiger charge is -2.45. The fourth-order valence-corrected chi connectivity index (χ4v) is 2.60. The molecule has 2 aliphatic rings. The molecule has 1 aromatic rings. The minimum Gasteiger partial charge on any atom is -0.438 e. The van der Waals surface area contributed by atoms with Crippen molar-refractivity contribution < 1.29 is 18.7 Å². The Morgan fingerprint density at radius 3 is 3.11 bits per heavy atom. The minimum atomic E-state index is -0.192. The monoisotopic (exact) mass is 265 g/mol. The van der Waals surface area contributed by atoms with E-state index in [0.717, 1.165) is 6.42 Å². The number of piperidine rings is 1. The summed E-state index contributed by atoms with van der Waals surface area (Å²) in [6, 6.07) is -0.0816. The van der Waals surface area contributed by atoms with Crippen molar-refractivity contribution in [3.05, 3.63) is 18.4 Å². The number of amides is 2. The summed E-state index contributed by atoms with van der Waals surface area (Å²) in [4.78, 5) is 30.9. The van der Waals surface area contributed by atoms with Crippen molar-refractivity contribution in [2.75, 3.05) is 26.7 Å². The van der Waals surface area contributed by atoms with Gasteiger partial charge < -0.3 is 19.0 Å². The van der Waals surface area contributed by atoms with Gasteiger partial charge in [0.1, 0.15) is 6.61 Å². The number of nitrogens with zero attached hydrogens (tertiary/aromatic N) is 3. The number of morpholine rings is 1. The normalized spacial score (nSPS) is 27.3. The average molecular weight is 265 g/mol. The van der Waals surface area contributed by atoms with E-state index in [-0.39, 0.29) is 36.3 Å². The van der Waals surface area contributed by atoms with Crippen LogP contribution in [-0.4, -0.2) is 65.5 Å². The van der Waals surface area contributed by atoms with Crippen LogP contribution < -0.4 is 0 Å². The number of aromatic nitrogens is 1. The molecule has 2 aliphatic heterocycles. The van der Waals surface area contributed by atoms with Crippen molar-refractivity contribution in [3.8, 4) is 0 Å². The summed E-state index contributed by atoms with van der Waals surface area (Å²) >= 11 is 0. The van der Waals surface area contributed by atoms with Crippen LogP contribution in [0.1, 0.15) is 17.0 Å². The number of rotatable bonds is 1. The molecule has 0 unspecified atom stereocenters. The summed E-state index contributed by atoms with van der Waals surface area (Å²) in [7, 11) is 1.75. The van der Waals surface area contributed by atoms with E-state index in [2.05, 4.69) is 4.98 Å². The molecule has 0 N–H and O–H groups in total. The van der Waals surface area contributed by atoms with Crippen LogP contribution >= 0.6 is 0 Å². The fraction of sp³-hybridized carbons (Fsp3) is 0.583. The van der Waals surface area contributed by atoms with Gasteiger partial charge in [-0.1, -0.05) is 0 Å². The Bertz CT molecular complexity index is 487. The predicted molar refractivity (Wildman–Crippen MR) is 63.3 cm³/mol. The molecule has 2 atom stereocenters. The molecule has 19 heavy (non-hydrogen) atoms. The Labute approximate surface area is 110 Å². The zero-order chi connectivity index (χ0) is 13.4. The molecule has 0 radical (unpaired) electrons. The Hall–Kier alpha value is -1.89. The first-order valence-corrected chi connectivity index (χ1v) is 6.22. The van der Waals surface area contributed by atoms with Crippen molar-refractivity contribution in [2.24, 2.45) is 0 Å². The SMILES string of the molecule is CN1C(=O)CO[C@@H]2CCN(C(=O)c3cnco3)C[C@@H]21. The fourth-order valence-electron chi connectivity index (χ4n) is 2.60. The van der Waals surface area contributed by atoms with Gasteiger partial charge >= 0.3 is 0 Å². The van der Waals surface area contributed by atoms with Crippen LogP contribution in [0.15, 0.2) is 17.0 Å². The Balaban J connectivity index is 1.73. The van der Waals surface area contributed by atoms with E-state index in [4.69, 9.17) is 9.15 Å². The molecule has 7 heteroatoms. The summed E-state index contributed by atoms with van der Waals surface area (Å²) in [6.07, 6.45) is 3.38. The molecule has 102 valence electrons. The Morgan fingerprint density at radius 2 is 2.37 bits per heavy atom.